The van der Waals surface area contributed by atoms with Crippen molar-refractivity contribution in [3.8, 4) is 5.75 Å². The molecule has 0 saturated carbocycles. The highest BCUT2D eigenvalue weighted by molar-refractivity contribution is 6.09. The van der Waals surface area contributed by atoms with Gasteiger partial charge in [0.15, 0.2) is 11.5 Å². The molecule has 1 amide bonds. The van der Waals surface area contributed by atoms with E-state index in [9.17, 15) is 14.7 Å². The van der Waals surface area contributed by atoms with E-state index in [1.165, 1.54) is 0 Å². The molecule has 162 valence electrons. The fourth-order valence-corrected chi connectivity index (χ4v) is 4.09. The topological polar surface area (TPSA) is 66.8 Å². The predicted molar refractivity (Wildman–Crippen MR) is 122 cm³/mol. The molecular weight excluding hydrogens is 402 g/mol. The molecule has 0 radical (unpaired) electrons. The Balaban J connectivity index is 1.64. The number of aliphatic hydroxyl groups is 1. The van der Waals surface area contributed by atoms with Crippen molar-refractivity contribution in [1.29, 1.82) is 0 Å². The molecule has 0 bridgehead atoms. The highest BCUT2D eigenvalue weighted by Crippen LogP contribution is 2.39. The Kier molecular flexibility index (Phi) is 6.36. The minimum Gasteiger partial charge on any atom is -0.503 e. The van der Waals surface area contributed by atoms with Crippen LogP contribution in [0.3, 0.4) is 0 Å². The second kappa shape index (κ2) is 9.52. The van der Waals surface area contributed by atoms with Gasteiger partial charge in [0, 0.05) is 13.0 Å². The highest BCUT2D eigenvalue weighted by Gasteiger charge is 2.43. The SMILES string of the molecule is COc1cccc(CN2C(=O)C(O)=C(C(=O)CCc3ccccc3)C2c2ccccc2)c1. The van der Waals surface area contributed by atoms with E-state index in [-0.39, 0.29) is 24.3 Å². The summed E-state index contributed by atoms with van der Waals surface area (Å²) < 4.78 is 5.29. The average molecular weight is 428 g/mol. The van der Waals surface area contributed by atoms with Gasteiger partial charge < -0.3 is 14.7 Å². The lowest BCUT2D eigenvalue weighted by Crippen LogP contribution is -2.30. The molecule has 1 N–H and O–H groups in total. The number of aryl methyl sites for hydroxylation is 1. The number of ketones is 1. The molecule has 3 aromatic carbocycles. The average Bonchev–Trinajstić information content (AvgIpc) is 3.09. The van der Waals surface area contributed by atoms with E-state index in [4.69, 9.17) is 4.74 Å². The highest BCUT2D eigenvalue weighted by atomic mass is 16.5. The van der Waals surface area contributed by atoms with Crippen LogP contribution in [0.2, 0.25) is 0 Å². The number of benzene rings is 3. The van der Waals surface area contributed by atoms with E-state index in [0.29, 0.717) is 12.2 Å². The fourth-order valence-electron chi connectivity index (χ4n) is 4.09. The molecule has 5 heteroatoms. The summed E-state index contributed by atoms with van der Waals surface area (Å²) in [7, 11) is 1.59. The Labute approximate surface area is 187 Å². The summed E-state index contributed by atoms with van der Waals surface area (Å²) in [6.45, 7) is 0.245. The van der Waals surface area contributed by atoms with Gasteiger partial charge in [-0.3, -0.25) is 9.59 Å². The number of amides is 1. The summed E-state index contributed by atoms with van der Waals surface area (Å²) in [6.07, 6.45) is 0.759. The third-order valence-corrected chi connectivity index (χ3v) is 5.69. The van der Waals surface area contributed by atoms with Crippen LogP contribution in [0, 0.1) is 0 Å². The molecule has 32 heavy (non-hydrogen) atoms. The molecule has 0 saturated heterocycles. The van der Waals surface area contributed by atoms with Crippen molar-refractivity contribution >= 4 is 11.7 Å². The Bertz CT molecular complexity index is 1140. The molecule has 5 nitrogen and oxygen atoms in total. The van der Waals surface area contributed by atoms with E-state index >= 15 is 0 Å². The van der Waals surface area contributed by atoms with Crippen LogP contribution in [0.25, 0.3) is 0 Å². The van der Waals surface area contributed by atoms with Gasteiger partial charge in [-0.25, -0.2) is 0 Å². The zero-order chi connectivity index (χ0) is 22.5. The molecule has 0 aromatic heterocycles. The molecular formula is C27H25NO4. The van der Waals surface area contributed by atoms with Crippen LogP contribution in [0.5, 0.6) is 5.75 Å². The van der Waals surface area contributed by atoms with Gasteiger partial charge in [0.25, 0.3) is 5.91 Å². The van der Waals surface area contributed by atoms with Gasteiger partial charge in [-0.05, 0) is 35.2 Å². The Morgan fingerprint density at radius 2 is 1.59 bits per heavy atom. The number of methoxy groups -OCH3 is 1. The van der Waals surface area contributed by atoms with Gasteiger partial charge >= 0.3 is 0 Å². The number of carbonyl (C=O) groups excluding carboxylic acids is 2. The summed E-state index contributed by atoms with van der Waals surface area (Å²) in [5.41, 5.74) is 2.84. The second-order valence-electron chi connectivity index (χ2n) is 7.77. The van der Waals surface area contributed by atoms with Crippen molar-refractivity contribution in [3.05, 3.63) is 113 Å². The molecule has 0 fully saturated rings. The van der Waals surface area contributed by atoms with Crippen molar-refractivity contribution < 1.29 is 19.4 Å². The summed E-state index contributed by atoms with van der Waals surface area (Å²) in [5.74, 6) is -0.534. The maximum atomic E-state index is 13.2. The largest absolute Gasteiger partial charge is 0.503 e. The van der Waals surface area contributed by atoms with Crippen LogP contribution in [-0.2, 0) is 22.6 Å². The standard InChI is InChI=1S/C27H25NO4/c1-32-22-14-8-11-20(17-22)18-28-25(21-12-6-3-7-13-21)24(26(30)27(28)31)23(29)16-15-19-9-4-2-5-10-19/h2-14,17,25,30H,15-16,18H2,1H3. The van der Waals surface area contributed by atoms with Gasteiger partial charge in [-0.15, -0.1) is 0 Å². The molecule has 1 heterocycles. The quantitative estimate of drug-likeness (QED) is 0.561. The Morgan fingerprint density at radius 1 is 0.938 bits per heavy atom. The lowest BCUT2D eigenvalue weighted by atomic mass is 9.93. The number of carbonyl (C=O) groups is 2. The molecule has 1 aliphatic rings. The van der Waals surface area contributed by atoms with Crippen molar-refractivity contribution in [2.75, 3.05) is 7.11 Å². The Morgan fingerprint density at radius 3 is 2.28 bits per heavy atom. The van der Waals surface area contributed by atoms with E-state index < -0.39 is 17.7 Å². The van der Waals surface area contributed by atoms with Crippen LogP contribution in [0.1, 0.15) is 29.2 Å². The normalized spacial score (nSPS) is 15.8. The van der Waals surface area contributed by atoms with E-state index in [0.717, 1.165) is 16.7 Å². The molecule has 0 spiro atoms. The first-order chi connectivity index (χ1) is 15.6. The maximum Gasteiger partial charge on any atom is 0.290 e. The molecule has 4 rings (SSSR count). The number of nitrogens with zero attached hydrogens (tertiary/aromatic N) is 1. The third-order valence-electron chi connectivity index (χ3n) is 5.69. The van der Waals surface area contributed by atoms with Crippen LogP contribution in [0.4, 0.5) is 0 Å². The monoisotopic (exact) mass is 427 g/mol. The minimum absolute atomic E-state index is 0.167. The van der Waals surface area contributed by atoms with E-state index in [2.05, 4.69) is 0 Å². The summed E-state index contributed by atoms with van der Waals surface area (Å²) in [5, 5.41) is 10.7. The fraction of sp³-hybridized carbons (Fsp3) is 0.185. The minimum atomic E-state index is -0.641. The zero-order valence-electron chi connectivity index (χ0n) is 17.9. The first-order valence-corrected chi connectivity index (χ1v) is 10.6. The molecule has 1 atom stereocenters. The number of aliphatic hydroxyl groups excluding tert-OH is 1. The Hall–Kier alpha value is -3.86. The van der Waals surface area contributed by atoms with Gasteiger partial charge in [0.2, 0.25) is 0 Å². The van der Waals surface area contributed by atoms with Gasteiger partial charge in [0.1, 0.15) is 5.75 Å². The summed E-state index contributed by atoms with van der Waals surface area (Å²) in [6, 6.07) is 25.9. The van der Waals surface area contributed by atoms with Crippen molar-refractivity contribution in [3.63, 3.8) is 0 Å². The number of ether oxygens (including phenoxy) is 1. The number of hydrogen-bond donors (Lipinski definition) is 1. The molecule has 0 aliphatic carbocycles. The first kappa shape index (κ1) is 21.4. The van der Waals surface area contributed by atoms with Crippen molar-refractivity contribution in [2.45, 2.75) is 25.4 Å². The van der Waals surface area contributed by atoms with Crippen molar-refractivity contribution in [1.82, 2.24) is 4.90 Å². The lowest BCUT2D eigenvalue weighted by molar-refractivity contribution is -0.130. The molecule has 1 aliphatic heterocycles. The number of hydrogen-bond acceptors (Lipinski definition) is 4. The summed E-state index contributed by atoms with van der Waals surface area (Å²) >= 11 is 0. The predicted octanol–water partition coefficient (Wildman–Crippen LogP) is 4.79. The van der Waals surface area contributed by atoms with Crippen molar-refractivity contribution in [2.24, 2.45) is 0 Å². The van der Waals surface area contributed by atoms with E-state index in [1.807, 2.05) is 84.9 Å². The molecule has 1 unspecified atom stereocenters. The van der Waals surface area contributed by atoms with Crippen LogP contribution in [-0.4, -0.2) is 28.8 Å². The lowest BCUT2D eigenvalue weighted by Gasteiger charge is -2.27. The zero-order valence-corrected chi connectivity index (χ0v) is 17.9. The first-order valence-electron chi connectivity index (χ1n) is 10.6. The van der Waals surface area contributed by atoms with Crippen LogP contribution >= 0.6 is 0 Å². The van der Waals surface area contributed by atoms with Gasteiger partial charge in [-0.2, -0.15) is 0 Å². The van der Waals surface area contributed by atoms with Crippen LogP contribution < -0.4 is 4.74 Å². The number of Topliss-reactive ketones (excluding diaryl/α,β-unsaturated/α-hetero) is 1. The number of rotatable bonds is 8. The van der Waals surface area contributed by atoms with Gasteiger partial charge in [-0.1, -0.05) is 72.8 Å². The maximum absolute atomic E-state index is 13.2. The molecule has 3 aromatic rings. The second-order valence-corrected chi connectivity index (χ2v) is 7.77. The van der Waals surface area contributed by atoms with Gasteiger partial charge in [0.05, 0.1) is 18.7 Å². The van der Waals surface area contributed by atoms with Crippen LogP contribution in [0.15, 0.2) is 96.3 Å². The summed E-state index contributed by atoms with van der Waals surface area (Å²) in [4.78, 5) is 27.9. The van der Waals surface area contributed by atoms with E-state index in [1.54, 1.807) is 12.0 Å². The smallest absolute Gasteiger partial charge is 0.290 e. The third kappa shape index (κ3) is 4.42.